The Morgan fingerprint density at radius 2 is 1.94 bits per heavy atom. The Balaban J connectivity index is 2.71. The molecule has 17 heavy (non-hydrogen) atoms. The lowest BCUT2D eigenvalue weighted by Crippen LogP contribution is -2.51. The first-order valence-electron chi connectivity index (χ1n) is 5.83. The van der Waals surface area contributed by atoms with E-state index < -0.39 is 16.9 Å². The second kappa shape index (κ2) is 4.74. The highest BCUT2D eigenvalue weighted by atomic mass is 16.2. The molecule has 1 fully saturated rings. The van der Waals surface area contributed by atoms with Crippen LogP contribution >= 0.6 is 0 Å². The predicted molar refractivity (Wildman–Crippen MR) is 62.5 cm³/mol. The van der Waals surface area contributed by atoms with E-state index in [0.29, 0.717) is 12.8 Å². The van der Waals surface area contributed by atoms with Crippen molar-refractivity contribution in [1.29, 1.82) is 5.26 Å². The number of amides is 2. The van der Waals surface area contributed by atoms with Crippen molar-refractivity contribution in [2.45, 2.75) is 51.5 Å². The van der Waals surface area contributed by atoms with E-state index in [1.54, 1.807) is 13.8 Å². The van der Waals surface area contributed by atoms with Gasteiger partial charge in [-0.3, -0.25) is 9.59 Å². The average molecular weight is 237 g/mol. The maximum absolute atomic E-state index is 12.1. The first-order valence-corrected chi connectivity index (χ1v) is 5.83. The van der Waals surface area contributed by atoms with Gasteiger partial charge in [0.05, 0.1) is 6.07 Å². The highest BCUT2D eigenvalue weighted by Gasteiger charge is 2.43. The van der Waals surface area contributed by atoms with Crippen LogP contribution in [0.15, 0.2) is 0 Å². The summed E-state index contributed by atoms with van der Waals surface area (Å²) in [5, 5.41) is 11.9. The van der Waals surface area contributed by atoms with Crippen molar-refractivity contribution in [3.63, 3.8) is 0 Å². The largest absolute Gasteiger partial charge is 0.370 e. The summed E-state index contributed by atoms with van der Waals surface area (Å²) in [5.41, 5.74) is 3.51. The lowest BCUT2D eigenvalue weighted by molar-refractivity contribution is -0.130. The van der Waals surface area contributed by atoms with E-state index in [0.717, 1.165) is 12.8 Å². The number of carbonyl (C=O) groups excluding carboxylic acids is 2. The van der Waals surface area contributed by atoms with Crippen molar-refractivity contribution in [3.05, 3.63) is 0 Å². The molecule has 1 aliphatic rings. The second-order valence-corrected chi connectivity index (χ2v) is 5.38. The highest BCUT2D eigenvalue weighted by Crippen LogP contribution is 2.38. The minimum atomic E-state index is -0.908. The van der Waals surface area contributed by atoms with Gasteiger partial charge in [0.15, 0.2) is 0 Å². The molecule has 0 radical (unpaired) electrons. The van der Waals surface area contributed by atoms with Gasteiger partial charge < -0.3 is 11.1 Å². The molecular formula is C12H19N3O2. The number of nitrogens with one attached hydrogen (secondary N) is 1. The van der Waals surface area contributed by atoms with E-state index >= 15 is 0 Å². The Hall–Kier alpha value is -1.57. The summed E-state index contributed by atoms with van der Waals surface area (Å²) >= 11 is 0. The molecule has 0 spiro atoms. The van der Waals surface area contributed by atoms with Crippen LogP contribution in [0.25, 0.3) is 0 Å². The van der Waals surface area contributed by atoms with Crippen molar-refractivity contribution in [2.75, 3.05) is 0 Å². The molecule has 0 aromatic carbocycles. The summed E-state index contributed by atoms with van der Waals surface area (Å²) in [6, 6.07) is 2.12. The Kier molecular flexibility index (Phi) is 3.76. The third-order valence-corrected chi connectivity index (χ3v) is 3.17. The van der Waals surface area contributed by atoms with Crippen LogP contribution < -0.4 is 11.1 Å². The van der Waals surface area contributed by atoms with Crippen molar-refractivity contribution >= 4 is 11.8 Å². The Labute approximate surface area is 101 Å². The summed E-state index contributed by atoms with van der Waals surface area (Å²) in [4.78, 5) is 23.0. The quantitative estimate of drug-likeness (QED) is 0.758. The summed E-state index contributed by atoms with van der Waals surface area (Å²) in [5.74, 6) is -0.739. The lowest BCUT2D eigenvalue weighted by atomic mass is 9.85. The molecule has 0 aliphatic heterocycles. The maximum Gasteiger partial charge on any atom is 0.240 e. The van der Waals surface area contributed by atoms with Crippen molar-refractivity contribution in [1.82, 2.24) is 5.32 Å². The van der Waals surface area contributed by atoms with Crippen LogP contribution in [0.5, 0.6) is 0 Å². The molecule has 1 rings (SSSR count). The molecule has 1 saturated carbocycles. The molecule has 0 aromatic rings. The number of nitrogens with two attached hydrogens (primary N) is 1. The van der Waals surface area contributed by atoms with Gasteiger partial charge in [0.2, 0.25) is 11.8 Å². The number of hydrogen-bond acceptors (Lipinski definition) is 3. The minimum Gasteiger partial charge on any atom is -0.370 e. The van der Waals surface area contributed by atoms with Gasteiger partial charge in [-0.1, -0.05) is 12.8 Å². The fourth-order valence-electron chi connectivity index (χ4n) is 2.27. The van der Waals surface area contributed by atoms with Crippen LogP contribution in [0.1, 0.15) is 46.0 Å². The lowest BCUT2D eigenvalue weighted by Gasteiger charge is -2.29. The third kappa shape index (κ3) is 3.19. The van der Waals surface area contributed by atoms with Gasteiger partial charge in [0, 0.05) is 12.0 Å². The fraction of sp³-hybridized carbons (Fsp3) is 0.750. The van der Waals surface area contributed by atoms with Gasteiger partial charge in [-0.25, -0.2) is 0 Å². The second-order valence-electron chi connectivity index (χ2n) is 5.38. The number of carbonyl (C=O) groups is 2. The number of primary amides is 1. The van der Waals surface area contributed by atoms with Gasteiger partial charge in [0.1, 0.15) is 5.41 Å². The standard InChI is InChI=1S/C12H19N3O2/c1-11(2,7-9(14)16)15-10(17)12(8-13)5-3-4-6-12/h3-7H2,1-2H3,(H2,14,16)(H,15,17). The summed E-state index contributed by atoms with van der Waals surface area (Å²) in [6.45, 7) is 3.46. The van der Waals surface area contributed by atoms with E-state index in [4.69, 9.17) is 11.0 Å². The van der Waals surface area contributed by atoms with Gasteiger partial charge in [-0.2, -0.15) is 5.26 Å². The topological polar surface area (TPSA) is 96.0 Å². The molecule has 2 amide bonds. The molecule has 94 valence electrons. The molecular weight excluding hydrogens is 218 g/mol. The molecule has 0 bridgehead atoms. The van der Waals surface area contributed by atoms with Crippen LogP contribution in [-0.2, 0) is 9.59 Å². The zero-order valence-corrected chi connectivity index (χ0v) is 10.4. The van der Waals surface area contributed by atoms with E-state index in [9.17, 15) is 9.59 Å². The molecule has 5 nitrogen and oxygen atoms in total. The van der Waals surface area contributed by atoms with E-state index in [2.05, 4.69) is 11.4 Å². The zero-order chi connectivity index (χ0) is 13.1. The highest BCUT2D eigenvalue weighted by molar-refractivity contribution is 5.87. The van der Waals surface area contributed by atoms with Crippen LogP contribution in [-0.4, -0.2) is 17.4 Å². The first-order chi connectivity index (χ1) is 7.81. The minimum absolute atomic E-state index is 0.0697. The van der Waals surface area contributed by atoms with E-state index in [1.165, 1.54) is 0 Å². The van der Waals surface area contributed by atoms with Crippen molar-refractivity contribution in [3.8, 4) is 6.07 Å². The summed E-state index contributed by atoms with van der Waals surface area (Å²) in [6.07, 6.45) is 3.07. The van der Waals surface area contributed by atoms with Crippen LogP contribution in [0.3, 0.4) is 0 Å². The van der Waals surface area contributed by atoms with E-state index in [-0.39, 0.29) is 12.3 Å². The van der Waals surface area contributed by atoms with E-state index in [1.807, 2.05) is 0 Å². The Morgan fingerprint density at radius 3 is 2.35 bits per heavy atom. The molecule has 0 aromatic heterocycles. The monoisotopic (exact) mass is 237 g/mol. The van der Waals surface area contributed by atoms with Gasteiger partial charge in [-0.15, -0.1) is 0 Å². The zero-order valence-electron chi connectivity index (χ0n) is 10.4. The van der Waals surface area contributed by atoms with Crippen LogP contribution in [0.2, 0.25) is 0 Å². The van der Waals surface area contributed by atoms with Gasteiger partial charge in [0.25, 0.3) is 0 Å². The Morgan fingerprint density at radius 1 is 1.41 bits per heavy atom. The predicted octanol–water partition coefficient (Wildman–Crippen LogP) is 0.841. The summed E-state index contributed by atoms with van der Waals surface area (Å²) < 4.78 is 0. The van der Waals surface area contributed by atoms with Gasteiger partial charge >= 0.3 is 0 Å². The van der Waals surface area contributed by atoms with Crippen molar-refractivity contribution < 1.29 is 9.59 Å². The normalized spacial score (nSPS) is 18.4. The van der Waals surface area contributed by atoms with Crippen molar-refractivity contribution in [2.24, 2.45) is 11.1 Å². The Bertz CT molecular complexity index is 362. The third-order valence-electron chi connectivity index (χ3n) is 3.17. The molecule has 0 heterocycles. The maximum atomic E-state index is 12.1. The average Bonchev–Trinajstić information content (AvgIpc) is 2.63. The SMILES string of the molecule is CC(C)(CC(N)=O)NC(=O)C1(C#N)CCCC1. The number of nitriles is 1. The number of hydrogen-bond donors (Lipinski definition) is 2. The smallest absolute Gasteiger partial charge is 0.240 e. The molecule has 5 heteroatoms. The molecule has 3 N–H and O–H groups in total. The summed E-state index contributed by atoms with van der Waals surface area (Å²) in [7, 11) is 0. The molecule has 0 unspecified atom stereocenters. The molecule has 1 aliphatic carbocycles. The molecule has 0 saturated heterocycles. The number of rotatable bonds is 4. The first kappa shape index (κ1) is 13.5. The van der Waals surface area contributed by atoms with Crippen LogP contribution in [0, 0.1) is 16.7 Å². The van der Waals surface area contributed by atoms with Crippen LogP contribution in [0.4, 0.5) is 0 Å². The molecule has 0 atom stereocenters. The van der Waals surface area contributed by atoms with Gasteiger partial charge in [-0.05, 0) is 26.7 Å². The number of nitrogens with zero attached hydrogens (tertiary/aromatic N) is 1. The fourth-order valence-corrected chi connectivity index (χ4v) is 2.27.